The molecule has 1 aromatic carbocycles. The van der Waals surface area contributed by atoms with E-state index >= 15 is 0 Å². The molecular weight excluding hydrogens is 384 g/mol. The van der Waals surface area contributed by atoms with Crippen LogP contribution in [-0.2, 0) is 6.42 Å². The van der Waals surface area contributed by atoms with Crippen LogP contribution in [0.4, 0.5) is 0 Å². The van der Waals surface area contributed by atoms with Crippen molar-refractivity contribution in [2.45, 2.75) is 33.1 Å². The fourth-order valence-corrected chi connectivity index (χ4v) is 3.32. The maximum Gasteiger partial charge on any atom is 0.0489 e. The maximum atomic E-state index is 9.67. The number of rotatable bonds is 17. The third kappa shape index (κ3) is 12.4. The van der Waals surface area contributed by atoms with E-state index in [0.717, 1.165) is 50.3 Å². The van der Waals surface area contributed by atoms with E-state index in [0.29, 0.717) is 6.54 Å². The Morgan fingerprint density at radius 3 is 2.55 bits per heavy atom. The summed E-state index contributed by atoms with van der Waals surface area (Å²) in [6.45, 7) is 14.2. The molecule has 5 heteroatoms. The molecule has 1 atom stereocenters. The topological polar surface area (TPSA) is 60.2 Å². The van der Waals surface area contributed by atoms with Gasteiger partial charge in [-0.2, -0.15) is 0 Å². The normalized spacial score (nSPS) is 13.8. The number of benzene rings is 1. The molecule has 0 saturated carbocycles. The Balaban J connectivity index is 2.43. The van der Waals surface area contributed by atoms with Crippen LogP contribution in [0.3, 0.4) is 0 Å². The largest absolute Gasteiger partial charge is 0.396 e. The van der Waals surface area contributed by atoms with Crippen molar-refractivity contribution < 1.29 is 5.11 Å². The molecule has 1 unspecified atom stereocenters. The highest BCUT2D eigenvalue weighted by atomic mass is 16.3. The molecule has 0 saturated heterocycles. The van der Waals surface area contributed by atoms with Gasteiger partial charge < -0.3 is 15.3 Å². The minimum Gasteiger partial charge on any atom is -0.396 e. The highest BCUT2D eigenvalue weighted by Gasteiger charge is 2.07. The van der Waals surface area contributed by atoms with Crippen molar-refractivity contribution in [1.82, 2.24) is 10.2 Å². The first kappa shape index (κ1) is 27.0. The van der Waals surface area contributed by atoms with E-state index in [-0.39, 0.29) is 12.5 Å². The van der Waals surface area contributed by atoms with Crippen molar-refractivity contribution in [3.8, 4) is 0 Å². The Kier molecular flexibility index (Phi) is 15.3. The van der Waals surface area contributed by atoms with Crippen molar-refractivity contribution in [3.63, 3.8) is 0 Å². The number of hydrogen-bond donors (Lipinski definition) is 2. The fraction of sp³-hybridized carbons (Fsp3) is 0.538. The summed E-state index contributed by atoms with van der Waals surface area (Å²) in [5.41, 5.74) is 3.13. The second-order valence-electron chi connectivity index (χ2n) is 7.71. The van der Waals surface area contributed by atoms with Gasteiger partial charge in [-0.15, -0.1) is 0 Å². The first-order valence-corrected chi connectivity index (χ1v) is 11.5. The van der Waals surface area contributed by atoms with Crippen LogP contribution in [0, 0.1) is 5.92 Å². The standard InChI is InChI=1S/C26H42N4O/c1-5-23(19-29-20-25(22-31)17-24-13-9-8-10-14-24)18-26(27-4)21-28-15-11-12-16-30(6-2)7-3/h5,8-10,13-14,18-19,25,28,31H,1,6-7,11-12,15-17,20-22H2,2-4H3/b23-18+,27-26?,29-19?. The van der Waals surface area contributed by atoms with Gasteiger partial charge in [-0.1, -0.05) is 56.8 Å². The van der Waals surface area contributed by atoms with Gasteiger partial charge in [0.15, 0.2) is 0 Å². The second-order valence-corrected chi connectivity index (χ2v) is 7.71. The average molecular weight is 427 g/mol. The summed E-state index contributed by atoms with van der Waals surface area (Å²) >= 11 is 0. The van der Waals surface area contributed by atoms with Crippen molar-refractivity contribution in [1.29, 1.82) is 0 Å². The van der Waals surface area contributed by atoms with Gasteiger partial charge in [0, 0.05) is 44.6 Å². The summed E-state index contributed by atoms with van der Waals surface area (Å²) in [4.78, 5) is 11.4. The number of nitrogens with zero attached hydrogens (tertiary/aromatic N) is 3. The Morgan fingerprint density at radius 1 is 1.19 bits per heavy atom. The number of hydrogen-bond acceptors (Lipinski definition) is 5. The molecule has 0 fully saturated rings. The lowest BCUT2D eigenvalue weighted by Crippen LogP contribution is -2.26. The molecule has 5 nitrogen and oxygen atoms in total. The number of nitrogens with one attached hydrogen (secondary N) is 1. The Bertz CT molecular complexity index is 678. The second kappa shape index (κ2) is 17.6. The van der Waals surface area contributed by atoms with E-state index in [2.05, 4.69) is 52.8 Å². The van der Waals surface area contributed by atoms with Gasteiger partial charge in [-0.05, 0) is 62.7 Å². The van der Waals surface area contributed by atoms with Crippen LogP contribution in [0.2, 0.25) is 0 Å². The lowest BCUT2D eigenvalue weighted by atomic mass is 10.0. The number of aliphatic hydroxyl groups is 1. The van der Waals surface area contributed by atoms with Gasteiger partial charge >= 0.3 is 0 Å². The predicted octanol–water partition coefficient (Wildman–Crippen LogP) is 3.80. The van der Waals surface area contributed by atoms with E-state index < -0.39 is 0 Å². The summed E-state index contributed by atoms with van der Waals surface area (Å²) in [6, 6.07) is 10.2. The third-order valence-corrected chi connectivity index (χ3v) is 5.36. The monoisotopic (exact) mass is 426 g/mol. The molecule has 31 heavy (non-hydrogen) atoms. The Labute approximate surface area is 189 Å². The average Bonchev–Trinajstić information content (AvgIpc) is 2.81. The van der Waals surface area contributed by atoms with Gasteiger partial charge in [0.2, 0.25) is 0 Å². The summed E-state index contributed by atoms with van der Waals surface area (Å²) in [6.07, 6.45) is 8.84. The molecule has 0 amide bonds. The smallest absolute Gasteiger partial charge is 0.0489 e. The number of allylic oxidation sites excluding steroid dienone is 2. The molecule has 0 aliphatic heterocycles. The first-order valence-electron chi connectivity index (χ1n) is 11.5. The molecule has 2 N–H and O–H groups in total. The molecule has 0 spiro atoms. The Hall–Kier alpha value is -2.08. The zero-order valence-electron chi connectivity index (χ0n) is 19.8. The van der Waals surface area contributed by atoms with E-state index in [4.69, 9.17) is 0 Å². The summed E-state index contributed by atoms with van der Waals surface area (Å²) in [7, 11) is 1.81. The van der Waals surface area contributed by atoms with Crippen LogP contribution < -0.4 is 5.32 Å². The SMILES string of the molecule is C=C/C(C=NCC(CO)Cc1ccccc1)=C\C(CNCCCCN(CC)CC)=NC. The molecule has 0 radical (unpaired) electrons. The first-order chi connectivity index (χ1) is 15.2. The van der Waals surface area contributed by atoms with Crippen LogP contribution in [0.15, 0.2) is 64.6 Å². The zero-order valence-corrected chi connectivity index (χ0v) is 19.8. The molecule has 172 valence electrons. The van der Waals surface area contributed by atoms with Gasteiger partial charge in [0.1, 0.15) is 0 Å². The lowest BCUT2D eigenvalue weighted by molar-refractivity contribution is 0.230. The van der Waals surface area contributed by atoms with E-state index in [1.165, 1.54) is 18.5 Å². The quantitative estimate of drug-likeness (QED) is 0.226. The summed E-state index contributed by atoms with van der Waals surface area (Å²) in [5.74, 6) is 0.113. The molecule has 0 bridgehead atoms. The van der Waals surface area contributed by atoms with Crippen LogP contribution in [0.5, 0.6) is 0 Å². The zero-order chi connectivity index (χ0) is 22.7. The van der Waals surface area contributed by atoms with Crippen LogP contribution in [-0.4, -0.2) is 74.9 Å². The van der Waals surface area contributed by atoms with Crippen molar-refractivity contribution >= 4 is 11.9 Å². The van der Waals surface area contributed by atoms with Gasteiger partial charge in [-0.25, -0.2) is 0 Å². The molecule has 0 heterocycles. The van der Waals surface area contributed by atoms with Crippen LogP contribution in [0.1, 0.15) is 32.3 Å². The minimum absolute atomic E-state index is 0.113. The molecule has 1 rings (SSSR count). The summed E-state index contributed by atoms with van der Waals surface area (Å²) in [5, 5.41) is 13.2. The highest BCUT2D eigenvalue weighted by molar-refractivity contribution is 6.02. The van der Waals surface area contributed by atoms with Gasteiger partial charge in [-0.3, -0.25) is 9.98 Å². The number of aliphatic hydroxyl groups excluding tert-OH is 1. The molecule has 1 aromatic rings. The maximum absolute atomic E-state index is 9.67. The van der Waals surface area contributed by atoms with E-state index in [1.54, 1.807) is 6.08 Å². The molecule has 0 aliphatic rings. The van der Waals surface area contributed by atoms with Crippen LogP contribution >= 0.6 is 0 Å². The third-order valence-electron chi connectivity index (χ3n) is 5.36. The molecule has 0 aromatic heterocycles. The number of aliphatic imine (C=N–C) groups is 2. The predicted molar refractivity (Wildman–Crippen MR) is 136 cm³/mol. The van der Waals surface area contributed by atoms with Gasteiger partial charge in [0.25, 0.3) is 0 Å². The fourth-order valence-electron chi connectivity index (χ4n) is 3.32. The van der Waals surface area contributed by atoms with E-state index in [1.807, 2.05) is 37.5 Å². The molecule has 0 aliphatic carbocycles. The highest BCUT2D eigenvalue weighted by Crippen LogP contribution is 2.09. The lowest BCUT2D eigenvalue weighted by Gasteiger charge is -2.17. The molecular formula is C26H42N4O. The van der Waals surface area contributed by atoms with Gasteiger partial charge in [0.05, 0.1) is 0 Å². The number of unbranched alkanes of at least 4 members (excludes halogenated alkanes) is 1. The van der Waals surface area contributed by atoms with Crippen LogP contribution in [0.25, 0.3) is 0 Å². The van der Waals surface area contributed by atoms with Crippen molar-refractivity contribution in [2.75, 3.05) is 52.9 Å². The van der Waals surface area contributed by atoms with Crippen molar-refractivity contribution in [3.05, 3.63) is 60.2 Å². The minimum atomic E-state index is 0.113. The van der Waals surface area contributed by atoms with E-state index in [9.17, 15) is 5.11 Å². The summed E-state index contributed by atoms with van der Waals surface area (Å²) < 4.78 is 0. The van der Waals surface area contributed by atoms with Crippen molar-refractivity contribution in [2.24, 2.45) is 15.9 Å². The Morgan fingerprint density at radius 2 is 1.94 bits per heavy atom.